The Balaban J connectivity index is 1.69. The summed E-state index contributed by atoms with van der Waals surface area (Å²) in [5.74, 6) is -0.532. The highest BCUT2D eigenvalue weighted by Crippen LogP contribution is 2.20. The second kappa shape index (κ2) is 5.34. The van der Waals surface area contributed by atoms with Crippen LogP contribution in [0.25, 0.3) is 22.0 Å². The molecule has 0 aliphatic carbocycles. The van der Waals surface area contributed by atoms with E-state index in [2.05, 4.69) is 4.98 Å². The molecule has 0 radical (unpaired) electrons. The van der Waals surface area contributed by atoms with Gasteiger partial charge in [-0.3, -0.25) is 4.79 Å². The minimum atomic E-state index is -0.729. The van der Waals surface area contributed by atoms with E-state index in [0.717, 1.165) is 11.6 Å². The van der Waals surface area contributed by atoms with Crippen molar-refractivity contribution >= 4 is 28.0 Å². The molecule has 0 bridgehead atoms. The van der Waals surface area contributed by atoms with Gasteiger partial charge in [0.25, 0.3) is 0 Å². The quantitative estimate of drug-likeness (QED) is 0.419. The number of fused-ring (bicyclic) bond motifs is 2. The zero-order chi connectivity index (χ0) is 16.7. The number of benzene rings is 2. The largest absolute Gasteiger partial charge is 0.449 e. The summed E-state index contributed by atoms with van der Waals surface area (Å²) in [6.45, 7) is 0. The zero-order valence-electron chi connectivity index (χ0n) is 12.7. The highest BCUT2D eigenvalue weighted by atomic mass is 16.5. The first-order valence-corrected chi connectivity index (χ1v) is 7.28. The molecule has 0 aliphatic heterocycles. The molecule has 0 unspecified atom stereocenters. The molecule has 6 nitrogen and oxygen atoms in total. The Morgan fingerprint density at radius 3 is 2.88 bits per heavy atom. The van der Waals surface area contributed by atoms with Crippen molar-refractivity contribution in [3.63, 3.8) is 0 Å². The van der Waals surface area contributed by atoms with Gasteiger partial charge in [0.15, 0.2) is 5.43 Å². The van der Waals surface area contributed by atoms with E-state index in [1.165, 1.54) is 0 Å². The van der Waals surface area contributed by atoms with Crippen LogP contribution in [-0.2, 0) is 7.05 Å². The van der Waals surface area contributed by atoms with Crippen LogP contribution in [0.3, 0.4) is 0 Å². The van der Waals surface area contributed by atoms with Crippen molar-refractivity contribution in [3.05, 3.63) is 70.8 Å². The monoisotopic (exact) mass is 320 g/mol. The van der Waals surface area contributed by atoms with Crippen molar-refractivity contribution in [3.8, 4) is 5.75 Å². The van der Waals surface area contributed by atoms with E-state index in [1.807, 2.05) is 17.7 Å². The lowest BCUT2D eigenvalue weighted by Gasteiger charge is -2.05. The molecular weight excluding hydrogens is 308 g/mol. The predicted molar refractivity (Wildman–Crippen MR) is 88.2 cm³/mol. The van der Waals surface area contributed by atoms with E-state index in [9.17, 15) is 9.59 Å². The molecule has 0 aliphatic rings. The minimum absolute atomic E-state index is 0.139. The number of nitrogens with zero attached hydrogens (tertiary/aromatic N) is 2. The van der Waals surface area contributed by atoms with Gasteiger partial charge in [-0.15, -0.1) is 0 Å². The van der Waals surface area contributed by atoms with E-state index >= 15 is 0 Å². The summed E-state index contributed by atoms with van der Waals surface area (Å²) in [4.78, 5) is 28.5. The van der Waals surface area contributed by atoms with Crippen LogP contribution < -0.4 is 10.2 Å². The van der Waals surface area contributed by atoms with Gasteiger partial charge >= 0.3 is 5.97 Å². The van der Waals surface area contributed by atoms with Gasteiger partial charge in [0, 0.05) is 19.2 Å². The average molecular weight is 320 g/mol. The van der Waals surface area contributed by atoms with E-state index in [4.69, 9.17) is 9.15 Å². The summed E-state index contributed by atoms with van der Waals surface area (Å²) in [7, 11) is 1.88. The average Bonchev–Trinajstić information content (AvgIpc) is 2.95. The maximum Gasteiger partial charge on any atom is 0.379 e. The maximum atomic E-state index is 12.3. The second-order valence-corrected chi connectivity index (χ2v) is 5.37. The molecule has 2 aromatic carbocycles. The van der Waals surface area contributed by atoms with Crippen LogP contribution in [0.1, 0.15) is 10.6 Å². The number of aromatic nitrogens is 2. The third-order valence-corrected chi connectivity index (χ3v) is 3.74. The smallest absolute Gasteiger partial charge is 0.379 e. The Hall–Kier alpha value is -3.41. The zero-order valence-corrected chi connectivity index (χ0v) is 12.7. The summed E-state index contributed by atoms with van der Waals surface area (Å²) in [6.07, 6.45) is 1.68. The molecule has 0 amide bonds. The molecule has 0 atom stereocenters. The number of imidazole rings is 1. The van der Waals surface area contributed by atoms with Gasteiger partial charge in [-0.05, 0) is 24.3 Å². The molecule has 6 heteroatoms. The molecule has 0 N–H and O–H groups in total. The lowest BCUT2D eigenvalue weighted by Crippen LogP contribution is -2.12. The Morgan fingerprint density at radius 1 is 1.17 bits per heavy atom. The molecule has 118 valence electrons. The van der Waals surface area contributed by atoms with Gasteiger partial charge in [0.2, 0.25) is 5.76 Å². The molecular formula is C18H12N2O4. The van der Waals surface area contributed by atoms with Crippen molar-refractivity contribution in [1.29, 1.82) is 0 Å². The maximum absolute atomic E-state index is 12.3. The Bertz CT molecular complexity index is 1140. The van der Waals surface area contributed by atoms with Gasteiger partial charge < -0.3 is 13.7 Å². The van der Waals surface area contributed by atoms with Crippen molar-refractivity contribution in [2.24, 2.45) is 7.05 Å². The first kappa shape index (κ1) is 14.2. The molecule has 0 saturated carbocycles. The molecule has 4 rings (SSSR count). The fourth-order valence-electron chi connectivity index (χ4n) is 2.54. The summed E-state index contributed by atoms with van der Waals surface area (Å²) in [5, 5.41) is 0.420. The van der Waals surface area contributed by atoms with Gasteiger partial charge in [-0.25, -0.2) is 9.78 Å². The summed E-state index contributed by atoms with van der Waals surface area (Å²) in [5.41, 5.74) is 1.69. The lowest BCUT2D eigenvalue weighted by molar-refractivity contribution is 0.0702. The predicted octanol–water partition coefficient (Wildman–Crippen LogP) is 2.90. The molecule has 2 heterocycles. The van der Waals surface area contributed by atoms with Gasteiger partial charge in [-0.1, -0.05) is 12.1 Å². The van der Waals surface area contributed by atoms with E-state index < -0.39 is 5.97 Å². The van der Waals surface area contributed by atoms with E-state index in [-0.39, 0.29) is 11.2 Å². The van der Waals surface area contributed by atoms with Crippen LogP contribution >= 0.6 is 0 Å². The van der Waals surface area contributed by atoms with Gasteiger partial charge in [0.05, 0.1) is 22.7 Å². The van der Waals surface area contributed by atoms with Crippen molar-refractivity contribution < 1.29 is 13.9 Å². The summed E-state index contributed by atoms with van der Waals surface area (Å²) >= 11 is 0. The fraction of sp³-hybridized carbons (Fsp3) is 0.0556. The molecule has 24 heavy (non-hydrogen) atoms. The van der Waals surface area contributed by atoms with Crippen molar-refractivity contribution in [2.45, 2.75) is 0 Å². The topological polar surface area (TPSA) is 74.3 Å². The third kappa shape index (κ3) is 2.34. The van der Waals surface area contributed by atoms with Crippen LogP contribution in [0.5, 0.6) is 5.75 Å². The van der Waals surface area contributed by atoms with Gasteiger partial charge in [-0.2, -0.15) is 0 Å². The molecule has 0 saturated heterocycles. The number of esters is 1. The number of hydrogen-bond donors (Lipinski definition) is 0. The van der Waals surface area contributed by atoms with Crippen LogP contribution in [0.4, 0.5) is 0 Å². The summed E-state index contributed by atoms with van der Waals surface area (Å²) < 4.78 is 12.6. The van der Waals surface area contributed by atoms with Crippen molar-refractivity contribution in [1.82, 2.24) is 9.55 Å². The Labute approximate surface area is 135 Å². The molecule has 0 fully saturated rings. The van der Waals surface area contributed by atoms with Crippen LogP contribution in [-0.4, -0.2) is 15.5 Å². The number of aryl methyl sites for hydroxylation is 1. The number of carbonyl (C=O) groups excluding carboxylic acids is 1. The van der Waals surface area contributed by atoms with E-state index in [0.29, 0.717) is 22.2 Å². The number of carbonyl (C=O) groups is 1. The number of hydrogen-bond acceptors (Lipinski definition) is 5. The molecule has 4 aromatic rings. The minimum Gasteiger partial charge on any atom is -0.449 e. The fourth-order valence-corrected chi connectivity index (χ4v) is 2.54. The van der Waals surface area contributed by atoms with E-state index in [1.54, 1.807) is 42.7 Å². The highest BCUT2D eigenvalue weighted by molar-refractivity contribution is 5.91. The second-order valence-electron chi connectivity index (χ2n) is 5.37. The van der Waals surface area contributed by atoms with Crippen molar-refractivity contribution in [2.75, 3.05) is 0 Å². The number of para-hydroxylation sites is 1. The first-order chi connectivity index (χ1) is 11.6. The third-order valence-electron chi connectivity index (χ3n) is 3.74. The van der Waals surface area contributed by atoms with Crippen LogP contribution in [0.15, 0.2) is 64.1 Å². The Kier molecular flexibility index (Phi) is 3.16. The highest BCUT2D eigenvalue weighted by Gasteiger charge is 2.15. The number of rotatable bonds is 2. The standard InChI is InChI=1S/C18H12N2O4/c1-20-10-19-13-8-11(6-7-14(13)20)23-18(22)17-9-15(21)12-4-2-3-5-16(12)24-17/h2-10H,1H3. The molecule has 2 aromatic heterocycles. The number of ether oxygens (including phenoxy) is 1. The molecule has 0 spiro atoms. The summed E-state index contributed by atoms with van der Waals surface area (Å²) in [6, 6.07) is 13.0. The van der Waals surface area contributed by atoms with Crippen LogP contribution in [0.2, 0.25) is 0 Å². The van der Waals surface area contributed by atoms with Gasteiger partial charge in [0.1, 0.15) is 11.3 Å². The van der Waals surface area contributed by atoms with Crippen LogP contribution in [0, 0.1) is 0 Å². The lowest BCUT2D eigenvalue weighted by atomic mass is 10.2. The Morgan fingerprint density at radius 2 is 2.00 bits per heavy atom. The SMILES string of the molecule is Cn1cnc2cc(OC(=O)c3cc(=O)c4ccccc4o3)ccc21. The normalized spacial score (nSPS) is 11.0. The first-order valence-electron chi connectivity index (χ1n) is 7.28.